The molecular formula is C11H18F3N3O. The molecule has 0 aliphatic carbocycles. The van der Waals surface area contributed by atoms with Gasteiger partial charge in [-0.3, -0.25) is 9.52 Å². The summed E-state index contributed by atoms with van der Waals surface area (Å²) in [6, 6.07) is 0. The number of hydrogen-bond donors (Lipinski definition) is 1. The molecule has 7 heteroatoms. The van der Waals surface area contributed by atoms with Crippen molar-refractivity contribution < 1.29 is 18.0 Å². The van der Waals surface area contributed by atoms with E-state index in [0.29, 0.717) is 0 Å². The average molecular weight is 265 g/mol. The van der Waals surface area contributed by atoms with Gasteiger partial charge >= 0.3 is 6.18 Å². The Balaban J connectivity index is 2.58. The Morgan fingerprint density at radius 1 is 1.33 bits per heavy atom. The van der Waals surface area contributed by atoms with Crippen molar-refractivity contribution in [1.29, 1.82) is 0 Å². The lowest BCUT2D eigenvalue weighted by Crippen LogP contribution is -2.25. The van der Waals surface area contributed by atoms with Crippen LogP contribution < -0.4 is 5.48 Å². The molecule has 0 fully saturated rings. The fourth-order valence-corrected chi connectivity index (χ4v) is 1.56. The number of rotatable bonds is 4. The Morgan fingerprint density at radius 2 is 1.94 bits per heavy atom. The van der Waals surface area contributed by atoms with Crippen molar-refractivity contribution in [1.82, 2.24) is 15.3 Å². The zero-order valence-corrected chi connectivity index (χ0v) is 10.9. The van der Waals surface area contributed by atoms with Crippen molar-refractivity contribution in [3.05, 3.63) is 17.5 Å². The van der Waals surface area contributed by atoms with E-state index in [9.17, 15) is 13.2 Å². The van der Waals surface area contributed by atoms with Gasteiger partial charge < -0.3 is 0 Å². The van der Waals surface area contributed by atoms with Crippen LogP contribution in [-0.4, -0.2) is 22.6 Å². The molecule has 0 saturated heterocycles. The summed E-state index contributed by atoms with van der Waals surface area (Å²) in [5.41, 5.74) is 3.81. The number of nitrogens with one attached hydrogen (secondary N) is 1. The van der Waals surface area contributed by atoms with Crippen LogP contribution in [0.25, 0.3) is 0 Å². The molecule has 0 spiro atoms. The number of aryl methyl sites for hydroxylation is 1. The molecule has 1 aromatic rings. The van der Waals surface area contributed by atoms with Crippen LogP contribution in [0.3, 0.4) is 0 Å². The lowest BCUT2D eigenvalue weighted by Gasteiger charge is -2.17. The molecule has 0 atom stereocenters. The second-order valence-corrected chi connectivity index (χ2v) is 5.15. The fourth-order valence-electron chi connectivity index (χ4n) is 1.56. The molecular weight excluding hydrogens is 247 g/mol. The van der Waals surface area contributed by atoms with Gasteiger partial charge in [0.05, 0.1) is 5.69 Å². The minimum atomic E-state index is -4.32. The van der Waals surface area contributed by atoms with E-state index >= 15 is 0 Å². The van der Waals surface area contributed by atoms with Crippen molar-refractivity contribution >= 4 is 0 Å². The summed E-state index contributed by atoms with van der Waals surface area (Å²) in [5.74, 6) is 0. The van der Waals surface area contributed by atoms with E-state index in [4.69, 9.17) is 0 Å². The summed E-state index contributed by atoms with van der Waals surface area (Å²) < 4.78 is 37.3. The lowest BCUT2D eigenvalue weighted by atomic mass is 9.90. The van der Waals surface area contributed by atoms with Crippen LogP contribution >= 0.6 is 0 Å². The number of aromatic nitrogens is 2. The standard InChI is InChI=1S/C11H18F3N3O/c1-10(2,3)9-8(6-17(4)16-9)5-15-18-7-11(12,13)14/h6,15H,5,7H2,1-4H3. The van der Waals surface area contributed by atoms with Crippen LogP contribution in [0.2, 0.25) is 0 Å². The molecule has 104 valence electrons. The van der Waals surface area contributed by atoms with Gasteiger partial charge in [-0.2, -0.15) is 23.8 Å². The van der Waals surface area contributed by atoms with Crippen molar-refractivity contribution in [2.45, 2.75) is 38.9 Å². The van der Waals surface area contributed by atoms with Crippen molar-refractivity contribution in [2.24, 2.45) is 7.05 Å². The van der Waals surface area contributed by atoms with E-state index in [1.54, 1.807) is 17.9 Å². The van der Waals surface area contributed by atoms with Crippen molar-refractivity contribution in [2.75, 3.05) is 6.61 Å². The second-order valence-electron chi connectivity index (χ2n) is 5.15. The molecule has 4 nitrogen and oxygen atoms in total. The maximum atomic E-state index is 11.9. The van der Waals surface area contributed by atoms with Gasteiger partial charge in [0.25, 0.3) is 0 Å². The third-order valence-corrected chi connectivity index (χ3v) is 2.22. The van der Waals surface area contributed by atoms with Gasteiger partial charge in [0.1, 0.15) is 0 Å². The molecule has 0 saturated carbocycles. The van der Waals surface area contributed by atoms with Gasteiger partial charge in [0.15, 0.2) is 6.61 Å². The van der Waals surface area contributed by atoms with E-state index in [2.05, 4.69) is 15.4 Å². The third kappa shape index (κ3) is 4.66. The molecule has 1 rings (SSSR count). The Bertz CT molecular complexity index is 393. The number of halogens is 3. The van der Waals surface area contributed by atoms with Gasteiger partial charge in [0.2, 0.25) is 0 Å². The summed E-state index contributed by atoms with van der Waals surface area (Å²) in [4.78, 5) is 4.37. The fraction of sp³-hybridized carbons (Fsp3) is 0.727. The zero-order chi connectivity index (χ0) is 14.0. The Hall–Kier alpha value is -1.08. The van der Waals surface area contributed by atoms with Gasteiger partial charge in [0, 0.05) is 30.8 Å². The molecule has 1 heterocycles. The molecule has 18 heavy (non-hydrogen) atoms. The summed E-state index contributed by atoms with van der Waals surface area (Å²) in [5, 5.41) is 4.31. The van der Waals surface area contributed by atoms with E-state index in [-0.39, 0.29) is 12.0 Å². The van der Waals surface area contributed by atoms with Gasteiger partial charge in [-0.1, -0.05) is 20.8 Å². The number of alkyl halides is 3. The normalized spacial score (nSPS) is 13.1. The largest absolute Gasteiger partial charge is 0.413 e. The smallest absolute Gasteiger partial charge is 0.292 e. The molecule has 0 radical (unpaired) electrons. The molecule has 1 aromatic heterocycles. The SMILES string of the molecule is Cn1cc(CNOCC(F)(F)F)c(C(C)(C)C)n1. The monoisotopic (exact) mass is 265 g/mol. The highest BCUT2D eigenvalue weighted by atomic mass is 19.4. The second kappa shape index (κ2) is 5.27. The van der Waals surface area contributed by atoms with Gasteiger partial charge in [-0.25, -0.2) is 0 Å². The minimum Gasteiger partial charge on any atom is -0.292 e. The summed E-state index contributed by atoms with van der Waals surface area (Å²) in [6.45, 7) is 4.87. The van der Waals surface area contributed by atoms with Crippen LogP contribution in [-0.2, 0) is 23.8 Å². The van der Waals surface area contributed by atoms with Gasteiger partial charge in [-0.05, 0) is 0 Å². The third-order valence-electron chi connectivity index (χ3n) is 2.22. The minimum absolute atomic E-state index is 0.164. The molecule has 0 amide bonds. The lowest BCUT2D eigenvalue weighted by molar-refractivity contribution is -0.190. The maximum absolute atomic E-state index is 11.9. The topological polar surface area (TPSA) is 39.1 Å². The number of hydroxylamine groups is 1. The Kier molecular flexibility index (Phi) is 4.39. The first-order chi connectivity index (χ1) is 8.09. The molecule has 1 N–H and O–H groups in total. The Labute approximate surface area is 104 Å². The number of nitrogens with zero attached hydrogens (tertiary/aromatic N) is 2. The van der Waals surface area contributed by atoms with Crippen LogP contribution in [0.4, 0.5) is 13.2 Å². The Morgan fingerprint density at radius 3 is 2.44 bits per heavy atom. The molecule has 0 aromatic carbocycles. The maximum Gasteiger partial charge on any atom is 0.413 e. The van der Waals surface area contributed by atoms with Crippen LogP contribution in [0.15, 0.2) is 6.20 Å². The molecule has 0 aliphatic rings. The molecule has 0 bridgehead atoms. The van der Waals surface area contributed by atoms with Crippen LogP contribution in [0, 0.1) is 0 Å². The van der Waals surface area contributed by atoms with Crippen LogP contribution in [0.1, 0.15) is 32.0 Å². The first-order valence-electron chi connectivity index (χ1n) is 5.54. The van der Waals surface area contributed by atoms with Crippen molar-refractivity contribution in [3.63, 3.8) is 0 Å². The van der Waals surface area contributed by atoms with E-state index in [0.717, 1.165) is 11.3 Å². The highest BCUT2D eigenvalue weighted by Crippen LogP contribution is 2.24. The van der Waals surface area contributed by atoms with Crippen molar-refractivity contribution in [3.8, 4) is 0 Å². The summed E-state index contributed by atoms with van der Waals surface area (Å²) >= 11 is 0. The highest BCUT2D eigenvalue weighted by Gasteiger charge is 2.28. The predicted octanol–water partition coefficient (Wildman–Crippen LogP) is 2.30. The van der Waals surface area contributed by atoms with E-state index in [1.807, 2.05) is 20.8 Å². The first kappa shape index (κ1) is 15.0. The quantitative estimate of drug-likeness (QED) is 0.670. The number of hydrogen-bond acceptors (Lipinski definition) is 3. The summed E-state index contributed by atoms with van der Waals surface area (Å²) in [7, 11) is 1.77. The zero-order valence-electron chi connectivity index (χ0n) is 10.9. The van der Waals surface area contributed by atoms with Crippen LogP contribution in [0.5, 0.6) is 0 Å². The van der Waals surface area contributed by atoms with E-state index < -0.39 is 12.8 Å². The van der Waals surface area contributed by atoms with Gasteiger partial charge in [-0.15, -0.1) is 0 Å². The first-order valence-corrected chi connectivity index (χ1v) is 5.54. The molecule has 0 aliphatic heterocycles. The molecule has 0 unspecified atom stereocenters. The van der Waals surface area contributed by atoms with E-state index in [1.165, 1.54) is 0 Å². The average Bonchev–Trinajstić information content (AvgIpc) is 2.52. The predicted molar refractivity (Wildman–Crippen MR) is 60.8 cm³/mol. The highest BCUT2D eigenvalue weighted by molar-refractivity contribution is 5.23. The summed E-state index contributed by atoms with van der Waals surface area (Å²) in [6.07, 6.45) is -2.56.